The van der Waals surface area contributed by atoms with Gasteiger partial charge in [-0.05, 0) is 61.0 Å². The quantitative estimate of drug-likeness (QED) is 0.0943. The van der Waals surface area contributed by atoms with Gasteiger partial charge in [0.25, 0.3) is 0 Å². The number of pyridine rings is 3. The van der Waals surface area contributed by atoms with E-state index in [0.717, 1.165) is 33.3 Å². The lowest BCUT2D eigenvalue weighted by Crippen LogP contribution is -2.07. The van der Waals surface area contributed by atoms with Gasteiger partial charge in [-0.25, -0.2) is 15.0 Å². The predicted molar refractivity (Wildman–Crippen MR) is 181 cm³/mol. The largest absolute Gasteiger partial charge is 0.465 e. The van der Waals surface area contributed by atoms with Crippen LogP contribution in [0.5, 0.6) is 0 Å². The van der Waals surface area contributed by atoms with E-state index in [0.29, 0.717) is 55.1 Å². The Balaban J connectivity index is 1.61. The number of hydrogen-bond acceptors (Lipinski definition) is 13. The Kier molecular flexibility index (Phi) is 11.2. The van der Waals surface area contributed by atoms with Crippen molar-refractivity contribution < 1.29 is 19.1 Å². The van der Waals surface area contributed by atoms with Crippen molar-refractivity contribution >= 4 is 58.1 Å². The van der Waals surface area contributed by atoms with Gasteiger partial charge in [-0.2, -0.15) is 10.5 Å². The summed E-state index contributed by atoms with van der Waals surface area (Å²) in [5, 5.41) is 24.9. The van der Waals surface area contributed by atoms with Gasteiger partial charge in [0.1, 0.15) is 22.2 Å². The molecule has 0 N–H and O–H groups in total. The molecule has 0 aromatic carbocycles. The fourth-order valence-electron chi connectivity index (χ4n) is 4.36. The maximum atomic E-state index is 12.2. The molecule has 0 bridgehead atoms. The third kappa shape index (κ3) is 7.63. The van der Waals surface area contributed by atoms with E-state index in [2.05, 4.69) is 12.1 Å². The smallest absolute Gasteiger partial charge is 0.316 e. The van der Waals surface area contributed by atoms with E-state index >= 15 is 0 Å². The van der Waals surface area contributed by atoms with Crippen molar-refractivity contribution in [3.8, 4) is 55.8 Å². The lowest BCUT2D eigenvalue weighted by Gasteiger charge is -2.13. The number of nitriles is 2. The minimum absolute atomic E-state index is 0.00320. The molecule has 46 heavy (non-hydrogen) atoms. The Hall–Kier alpha value is -4.53. The molecule has 9 nitrogen and oxygen atoms in total. The van der Waals surface area contributed by atoms with Crippen LogP contribution in [0.4, 0.5) is 0 Å². The maximum absolute atomic E-state index is 12.2. The lowest BCUT2D eigenvalue weighted by molar-refractivity contribution is -0.140. The Morgan fingerprint density at radius 3 is 1.52 bits per heavy atom. The van der Waals surface area contributed by atoms with Gasteiger partial charge in [0.05, 0.1) is 58.6 Å². The van der Waals surface area contributed by atoms with E-state index in [1.807, 2.05) is 65.4 Å². The summed E-state index contributed by atoms with van der Waals surface area (Å²) in [5.41, 5.74) is 4.21. The summed E-state index contributed by atoms with van der Waals surface area (Å²) in [5.74, 6) is -0.787. The fourth-order valence-corrected chi connectivity index (χ4v) is 7.46. The van der Waals surface area contributed by atoms with Crippen molar-refractivity contribution in [2.24, 2.45) is 0 Å². The molecule has 0 unspecified atom stereocenters. The van der Waals surface area contributed by atoms with Crippen molar-refractivity contribution in [1.29, 1.82) is 10.5 Å². The Morgan fingerprint density at radius 2 is 1.15 bits per heavy atom. The summed E-state index contributed by atoms with van der Waals surface area (Å²) in [6.45, 7) is 4.00. The van der Waals surface area contributed by atoms with E-state index in [-0.39, 0.29) is 24.7 Å². The first-order valence-corrected chi connectivity index (χ1v) is 17.7. The molecule has 230 valence electrons. The molecule has 0 aliphatic rings. The number of carbonyl (C=O) groups is 2. The zero-order chi connectivity index (χ0) is 32.5. The Morgan fingerprint density at radius 1 is 0.696 bits per heavy atom. The molecule has 5 aromatic heterocycles. The molecule has 5 aromatic rings. The second kappa shape index (κ2) is 15.7. The van der Waals surface area contributed by atoms with Crippen LogP contribution in [-0.4, -0.2) is 51.6 Å². The number of esters is 2. The van der Waals surface area contributed by atoms with Crippen LogP contribution < -0.4 is 0 Å². The molecule has 0 fully saturated rings. The molecule has 0 saturated carbocycles. The van der Waals surface area contributed by atoms with Crippen molar-refractivity contribution in [3.05, 3.63) is 76.5 Å². The fraction of sp³-hybridized carbons (Fsp3) is 0.182. The van der Waals surface area contributed by atoms with Crippen LogP contribution in [0.3, 0.4) is 0 Å². The van der Waals surface area contributed by atoms with Crippen molar-refractivity contribution in [2.75, 3.05) is 24.7 Å². The third-order valence-electron chi connectivity index (χ3n) is 6.31. The molecular formula is C33H25N5O4S4. The second-order valence-electron chi connectivity index (χ2n) is 9.24. The minimum Gasteiger partial charge on any atom is -0.465 e. The standard InChI is InChI=1S/C33H25N5O4S4/c1-3-41-30(39)18-45-32-22(16-34)20(28-10-6-12-43-28)14-26(37-32)24-8-5-9-25(36-24)27-15-21(29-11-7-13-44-29)23(17-35)33(38-27)46-19-31(40)42-4-2/h5-15H,3-4,18-19H2,1-2H3. The van der Waals surface area contributed by atoms with Gasteiger partial charge in [-0.3, -0.25) is 9.59 Å². The highest BCUT2D eigenvalue weighted by Gasteiger charge is 2.21. The first kappa shape index (κ1) is 32.9. The SMILES string of the molecule is CCOC(=O)CSc1nc(-c2cccc(-c3cc(-c4cccs4)c(C#N)c(SCC(=O)OCC)n3)n2)cc(-c2cccs2)c1C#N. The Bertz CT molecular complexity index is 1810. The molecule has 0 saturated heterocycles. The first-order chi connectivity index (χ1) is 22.4. The van der Waals surface area contributed by atoms with Crippen LogP contribution in [-0.2, 0) is 19.1 Å². The molecule has 0 aliphatic carbocycles. The van der Waals surface area contributed by atoms with Gasteiger partial charge in [0.2, 0.25) is 0 Å². The van der Waals surface area contributed by atoms with Crippen LogP contribution in [0.2, 0.25) is 0 Å². The van der Waals surface area contributed by atoms with E-state index in [4.69, 9.17) is 24.4 Å². The number of ether oxygens (including phenoxy) is 2. The van der Waals surface area contributed by atoms with E-state index < -0.39 is 11.9 Å². The summed E-state index contributed by atoms with van der Waals surface area (Å²) in [6.07, 6.45) is 0. The topological polar surface area (TPSA) is 139 Å². The normalized spacial score (nSPS) is 10.6. The summed E-state index contributed by atoms with van der Waals surface area (Å²) >= 11 is 5.28. The number of thioether (sulfide) groups is 2. The van der Waals surface area contributed by atoms with Gasteiger partial charge in [0, 0.05) is 20.9 Å². The number of rotatable bonds is 12. The molecule has 0 atom stereocenters. The van der Waals surface area contributed by atoms with Gasteiger partial charge >= 0.3 is 11.9 Å². The molecule has 0 spiro atoms. The van der Waals surface area contributed by atoms with E-state index in [1.165, 1.54) is 22.7 Å². The van der Waals surface area contributed by atoms with Crippen LogP contribution in [0.15, 0.2) is 75.4 Å². The molecule has 0 radical (unpaired) electrons. The highest BCUT2D eigenvalue weighted by Crippen LogP contribution is 2.38. The molecule has 0 aliphatic heterocycles. The molecule has 13 heteroatoms. The summed E-state index contributed by atoms with van der Waals surface area (Å²) in [6, 6.07) is 21.3. The number of aromatic nitrogens is 3. The number of carbonyl (C=O) groups excluding carboxylic acids is 2. The van der Waals surface area contributed by atoms with Crippen LogP contribution in [0, 0.1) is 22.7 Å². The average molecular weight is 684 g/mol. The molecular weight excluding hydrogens is 659 g/mol. The zero-order valence-corrected chi connectivity index (χ0v) is 27.9. The van der Waals surface area contributed by atoms with Crippen molar-refractivity contribution in [2.45, 2.75) is 23.9 Å². The summed E-state index contributed by atoms with van der Waals surface area (Å²) in [4.78, 5) is 40.6. The average Bonchev–Trinajstić information content (AvgIpc) is 3.81. The van der Waals surface area contributed by atoms with E-state index in [9.17, 15) is 20.1 Å². The minimum atomic E-state index is -0.397. The first-order valence-electron chi connectivity index (χ1n) is 14.0. The highest BCUT2D eigenvalue weighted by molar-refractivity contribution is 8.00. The molecule has 0 amide bonds. The van der Waals surface area contributed by atoms with Crippen LogP contribution >= 0.6 is 46.2 Å². The van der Waals surface area contributed by atoms with Crippen LogP contribution in [0.1, 0.15) is 25.0 Å². The van der Waals surface area contributed by atoms with Gasteiger partial charge in [-0.15, -0.1) is 22.7 Å². The van der Waals surface area contributed by atoms with Crippen LogP contribution in [0.25, 0.3) is 43.7 Å². The summed E-state index contributed by atoms with van der Waals surface area (Å²) in [7, 11) is 0. The van der Waals surface area contributed by atoms with Gasteiger partial charge < -0.3 is 9.47 Å². The predicted octanol–water partition coefficient (Wildman–Crippen LogP) is 7.72. The van der Waals surface area contributed by atoms with Crippen molar-refractivity contribution in [1.82, 2.24) is 15.0 Å². The molecule has 5 heterocycles. The van der Waals surface area contributed by atoms with Gasteiger partial charge in [0.15, 0.2) is 0 Å². The second-order valence-corrected chi connectivity index (χ2v) is 13.1. The number of thiophene rings is 2. The monoisotopic (exact) mass is 683 g/mol. The van der Waals surface area contributed by atoms with E-state index in [1.54, 1.807) is 13.8 Å². The van der Waals surface area contributed by atoms with Crippen molar-refractivity contribution in [3.63, 3.8) is 0 Å². The lowest BCUT2D eigenvalue weighted by atomic mass is 10.1. The third-order valence-corrected chi connectivity index (χ3v) is 10.0. The molecule has 5 rings (SSSR count). The summed E-state index contributed by atoms with van der Waals surface area (Å²) < 4.78 is 10.2. The highest BCUT2D eigenvalue weighted by atomic mass is 32.2. The Labute approximate surface area is 282 Å². The van der Waals surface area contributed by atoms with Gasteiger partial charge in [-0.1, -0.05) is 41.7 Å². The number of nitrogens with zero attached hydrogens (tertiary/aromatic N) is 5. The number of hydrogen-bond donors (Lipinski definition) is 0. The maximum Gasteiger partial charge on any atom is 0.316 e. The zero-order valence-electron chi connectivity index (χ0n) is 24.7.